The van der Waals surface area contributed by atoms with Crippen LogP contribution < -0.4 is 17.0 Å². The van der Waals surface area contributed by atoms with Crippen LogP contribution >= 0.6 is 0 Å². The van der Waals surface area contributed by atoms with Gasteiger partial charge in [-0.25, -0.2) is 0 Å². The molecule has 0 saturated heterocycles. The van der Waals surface area contributed by atoms with Gasteiger partial charge in [0.1, 0.15) is 0 Å². The van der Waals surface area contributed by atoms with Crippen LogP contribution in [0.5, 0.6) is 0 Å². The fourth-order valence-corrected chi connectivity index (χ4v) is 0. The van der Waals surface area contributed by atoms with Gasteiger partial charge in [-0.05, 0) is 0 Å². The van der Waals surface area contributed by atoms with Crippen LogP contribution in [0.15, 0.2) is 12.3 Å². The van der Waals surface area contributed by atoms with Crippen molar-refractivity contribution in [3.8, 4) is 0 Å². The minimum atomic E-state index is -1.12. The molecule has 0 bridgehead atoms. The summed E-state index contributed by atoms with van der Waals surface area (Å²) in [6.45, 7) is 11.8. The summed E-state index contributed by atoms with van der Waals surface area (Å²) >= 11 is 0. The Morgan fingerprint density at radius 3 is 1.62 bits per heavy atom. The number of hydrogen-bond donors (Lipinski definition) is 0. The summed E-state index contributed by atoms with van der Waals surface area (Å²) in [5, 5.41) is 0. The first-order valence-corrected chi connectivity index (χ1v) is 5.33. The van der Waals surface area contributed by atoms with E-state index in [9.17, 15) is 0 Å². The van der Waals surface area contributed by atoms with Gasteiger partial charge < -0.3 is 23.5 Å². The third-order valence-corrected chi connectivity index (χ3v) is 1.66. The first-order valence-electron chi connectivity index (χ1n) is 2.05. The van der Waals surface area contributed by atoms with Gasteiger partial charge in [-0.3, -0.25) is 0 Å². The van der Waals surface area contributed by atoms with Gasteiger partial charge in [-0.1, -0.05) is 21.2 Å². The van der Waals surface area contributed by atoms with Crippen molar-refractivity contribution in [3.63, 3.8) is 0 Å². The predicted molar refractivity (Wildman–Crippen MR) is 38.8 cm³/mol. The quantitative estimate of drug-likeness (QED) is 0.356. The first-order chi connectivity index (χ1) is 2.56. The Hall–Kier alpha value is 1.20. The van der Waals surface area contributed by atoms with E-state index in [1.165, 1.54) is 0 Å². The van der Waals surface area contributed by atoms with E-state index in [0.29, 0.717) is 0 Å². The maximum absolute atomic E-state index is 3.91. The molecule has 0 N–H and O–H groups in total. The summed E-state index contributed by atoms with van der Waals surface area (Å²) in [6.07, 6.45) is 0. The van der Waals surface area contributed by atoms with Crippen molar-refractivity contribution in [1.82, 2.24) is 0 Å². The van der Waals surface area contributed by atoms with Gasteiger partial charge in [0.2, 0.25) is 0 Å². The molecule has 0 aliphatic carbocycles. The van der Waals surface area contributed by atoms with Gasteiger partial charge in [0.05, 0.1) is 0 Å². The van der Waals surface area contributed by atoms with E-state index < -0.39 is 8.07 Å². The number of hydrogen-bond acceptors (Lipinski definition) is 0. The van der Waals surface area contributed by atoms with Gasteiger partial charge in [0.25, 0.3) is 0 Å². The zero-order valence-electron chi connectivity index (χ0n) is 5.58. The summed E-state index contributed by atoms with van der Waals surface area (Å²) in [5.74, 6) is 0. The zero-order valence-corrected chi connectivity index (χ0v) is 9.58. The monoisotopic (exact) mass is 202 g/mol. The second-order valence-electron chi connectivity index (χ2n) is 2.19. The molecule has 0 aromatic heterocycles. The molecule has 0 aliphatic heterocycles. The van der Waals surface area contributed by atoms with E-state index in [2.05, 4.69) is 26.2 Å². The molecule has 0 aromatic carbocycles. The van der Waals surface area contributed by atoms with Gasteiger partial charge in [0, 0.05) is 0 Å². The second-order valence-corrected chi connectivity index (χ2v) is 6.58. The normalized spacial score (nSPS) is 8.38. The number of halogens is 1. The molecular formula is C5H11BrMgSi. The van der Waals surface area contributed by atoms with Crippen molar-refractivity contribution in [2.45, 2.75) is 13.1 Å². The maximum Gasteiger partial charge on any atom is 2.00 e. The molecule has 0 aliphatic rings. The Morgan fingerprint density at radius 1 is 1.50 bits per heavy atom. The van der Waals surface area contributed by atoms with Gasteiger partial charge in [-0.15, -0.1) is 12.3 Å². The van der Waals surface area contributed by atoms with Crippen LogP contribution in [-0.2, 0) is 0 Å². The molecular weight excluding hydrogens is 192 g/mol. The molecule has 0 saturated carbocycles. The van der Waals surface area contributed by atoms with E-state index in [0.717, 1.165) is 0 Å². The average molecular weight is 203 g/mol. The van der Waals surface area contributed by atoms with Gasteiger partial charge >= 0.3 is 23.1 Å². The van der Waals surface area contributed by atoms with E-state index >= 15 is 0 Å². The number of rotatable bonds is 1. The summed E-state index contributed by atoms with van der Waals surface area (Å²) in [7, 11) is -1.12. The van der Waals surface area contributed by atoms with Crippen LogP contribution in [0, 0.1) is 6.55 Å². The Kier molecular flexibility index (Phi) is 12.7. The van der Waals surface area contributed by atoms with E-state index in [-0.39, 0.29) is 40.0 Å². The van der Waals surface area contributed by atoms with Crippen molar-refractivity contribution in [3.05, 3.63) is 18.8 Å². The van der Waals surface area contributed by atoms with E-state index in [4.69, 9.17) is 0 Å². The second kappa shape index (κ2) is 6.33. The van der Waals surface area contributed by atoms with E-state index in [1.54, 1.807) is 0 Å². The molecule has 0 unspecified atom stereocenters. The van der Waals surface area contributed by atoms with Crippen LogP contribution in [0.25, 0.3) is 0 Å². The molecule has 0 rings (SSSR count). The van der Waals surface area contributed by atoms with Gasteiger partial charge in [0.15, 0.2) is 0 Å². The molecule has 0 atom stereocenters. The molecule has 0 amide bonds. The fourth-order valence-electron chi connectivity index (χ4n) is 0. The smallest absolute Gasteiger partial charge is 1.00 e. The van der Waals surface area contributed by atoms with Crippen molar-refractivity contribution in [1.29, 1.82) is 0 Å². The summed E-state index contributed by atoms with van der Waals surface area (Å²) < 4.78 is 0. The van der Waals surface area contributed by atoms with Crippen molar-refractivity contribution in [2.24, 2.45) is 0 Å². The minimum Gasteiger partial charge on any atom is -1.00 e. The Morgan fingerprint density at radius 2 is 1.62 bits per heavy atom. The molecule has 0 fully saturated rings. The summed E-state index contributed by atoms with van der Waals surface area (Å²) in [6, 6.07) is 0. The SMILES string of the molecule is C=C[Si]([CH2-])(C)C.[Br-].[Mg+2]. The molecule has 8 heavy (non-hydrogen) atoms. The Labute approximate surface area is 79.7 Å². The predicted octanol–water partition coefficient (Wildman–Crippen LogP) is -1.58. The zero-order chi connectivity index (χ0) is 5.21. The fraction of sp³-hybridized carbons (Fsp3) is 0.400. The standard InChI is InChI=1S/C5H11Si.BrH.Mg/c1-5-6(2,3)4;;/h5H,1-2H2,3-4H3;1H;/q-1;;+2/p-1. The topological polar surface area (TPSA) is 0 Å². The van der Waals surface area contributed by atoms with Crippen molar-refractivity contribution >= 4 is 31.1 Å². The van der Waals surface area contributed by atoms with Crippen LogP contribution in [-0.4, -0.2) is 31.1 Å². The first kappa shape index (κ1) is 16.1. The summed E-state index contributed by atoms with van der Waals surface area (Å²) in [5.41, 5.74) is 1.97. The van der Waals surface area contributed by atoms with Gasteiger partial charge in [-0.2, -0.15) is 0 Å². The van der Waals surface area contributed by atoms with Crippen molar-refractivity contribution < 1.29 is 17.0 Å². The molecule has 0 heterocycles. The van der Waals surface area contributed by atoms with Crippen LogP contribution in [0.2, 0.25) is 13.1 Å². The van der Waals surface area contributed by atoms with Crippen LogP contribution in [0.1, 0.15) is 0 Å². The largest absolute Gasteiger partial charge is 2.00 e. The molecule has 0 radical (unpaired) electrons. The molecule has 0 aromatic rings. The van der Waals surface area contributed by atoms with E-state index in [1.807, 2.05) is 5.70 Å². The minimum absolute atomic E-state index is 0. The molecule has 44 valence electrons. The third-order valence-electron chi connectivity index (χ3n) is 0.553. The molecule has 0 spiro atoms. The van der Waals surface area contributed by atoms with Crippen LogP contribution in [0.4, 0.5) is 0 Å². The summed E-state index contributed by atoms with van der Waals surface area (Å²) in [4.78, 5) is 0. The third kappa shape index (κ3) is 15.7. The Balaban J connectivity index is -0.000000125. The molecule has 0 nitrogen and oxygen atoms in total. The van der Waals surface area contributed by atoms with Crippen LogP contribution in [0.3, 0.4) is 0 Å². The maximum atomic E-state index is 3.91. The van der Waals surface area contributed by atoms with Crippen molar-refractivity contribution in [2.75, 3.05) is 0 Å². The average Bonchev–Trinajstić information content (AvgIpc) is 1.35. The Bertz CT molecular complexity index is 57.9. The molecule has 3 heteroatoms.